The number of rotatable bonds is 6. The molecule has 1 amide bonds. The summed E-state index contributed by atoms with van der Waals surface area (Å²) in [6.45, 7) is 6.78. The minimum Gasteiger partial charge on any atom is -0.486 e. The van der Waals surface area contributed by atoms with Gasteiger partial charge in [-0.25, -0.2) is 0 Å². The summed E-state index contributed by atoms with van der Waals surface area (Å²) in [5.41, 5.74) is 4.59. The molecule has 2 heterocycles. The first-order chi connectivity index (χ1) is 14.2. The molecule has 1 saturated heterocycles. The van der Waals surface area contributed by atoms with Crippen molar-refractivity contribution in [2.45, 2.75) is 45.6 Å². The Hall–Kier alpha value is -2.53. The lowest BCUT2D eigenvalue weighted by atomic mass is 10.0. The SMILES string of the molecule is CCc1cccc(CC)c1NC(=O)CN1CCCC1c1ccc2c(c1)OCCO2. The van der Waals surface area contributed by atoms with Crippen molar-refractivity contribution < 1.29 is 14.3 Å². The molecule has 0 saturated carbocycles. The number of carbonyl (C=O) groups excluding carboxylic acids is 1. The van der Waals surface area contributed by atoms with Gasteiger partial charge in [-0.2, -0.15) is 0 Å². The molecule has 0 radical (unpaired) electrons. The Morgan fingerprint density at radius 1 is 1.07 bits per heavy atom. The van der Waals surface area contributed by atoms with E-state index >= 15 is 0 Å². The van der Waals surface area contributed by atoms with Crippen LogP contribution in [-0.4, -0.2) is 37.1 Å². The molecule has 5 nitrogen and oxygen atoms in total. The number of aryl methyl sites for hydroxylation is 2. The Balaban J connectivity index is 1.47. The van der Waals surface area contributed by atoms with E-state index in [4.69, 9.17) is 9.47 Å². The molecule has 1 N–H and O–H groups in total. The fraction of sp³-hybridized carbons (Fsp3) is 0.458. The monoisotopic (exact) mass is 394 g/mol. The van der Waals surface area contributed by atoms with Crippen LogP contribution < -0.4 is 14.8 Å². The predicted molar refractivity (Wildman–Crippen MR) is 115 cm³/mol. The van der Waals surface area contributed by atoms with Crippen molar-refractivity contribution in [3.63, 3.8) is 0 Å². The molecule has 1 unspecified atom stereocenters. The summed E-state index contributed by atoms with van der Waals surface area (Å²) >= 11 is 0. The maximum atomic E-state index is 12.9. The van der Waals surface area contributed by atoms with Gasteiger partial charge in [0.05, 0.1) is 6.54 Å². The van der Waals surface area contributed by atoms with Gasteiger partial charge < -0.3 is 14.8 Å². The number of nitrogens with zero attached hydrogens (tertiary/aromatic N) is 1. The molecule has 0 aromatic heterocycles. The normalized spacial score (nSPS) is 18.6. The number of carbonyl (C=O) groups is 1. The molecule has 2 aliphatic rings. The number of ether oxygens (including phenoxy) is 2. The molecule has 0 aliphatic carbocycles. The molecule has 2 aromatic carbocycles. The third kappa shape index (κ3) is 4.25. The second kappa shape index (κ2) is 8.87. The zero-order valence-corrected chi connectivity index (χ0v) is 17.4. The largest absolute Gasteiger partial charge is 0.486 e. The van der Waals surface area contributed by atoms with Crippen LogP contribution in [0.4, 0.5) is 5.69 Å². The summed E-state index contributed by atoms with van der Waals surface area (Å²) in [5, 5.41) is 3.20. The van der Waals surface area contributed by atoms with Crippen LogP contribution in [0.5, 0.6) is 11.5 Å². The van der Waals surface area contributed by atoms with Gasteiger partial charge in [0.15, 0.2) is 11.5 Å². The maximum absolute atomic E-state index is 12.9. The first-order valence-electron chi connectivity index (χ1n) is 10.7. The molecule has 5 heteroatoms. The van der Waals surface area contributed by atoms with Gasteiger partial charge in [0.25, 0.3) is 0 Å². The van der Waals surface area contributed by atoms with Gasteiger partial charge in [-0.1, -0.05) is 38.1 Å². The van der Waals surface area contributed by atoms with E-state index in [2.05, 4.69) is 54.4 Å². The number of nitrogens with one attached hydrogen (secondary N) is 1. The molecule has 4 rings (SSSR count). The van der Waals surface area contributed by atoms with E-state index < -0.39 is 0 Å². The minimum absolute atomic E-state index is 0.0602. The summed E-state index contributed by atoms with van der Waals surface area (Å²) in [4.78, 5) is 15.2. The first kappa shape index (κ1) is 19.8. The fourth-order valence-electron chi connectivity index (χ4n) is 4.43. The molecule has 29 heavy (non-hydrogen) atoms. The zero-order chi connectivity index (χ0) is 20.2. The van der Waals surface area contributed by atoms with Gasteiger partial charge in [0.1, 0.15) is 13.2 Å². The van der Waals surface area contributed by atoms with Gasteiger partial charge in [0.2, 0.25) is 5.91 Å². The Bertz CT molecular complexity index is 858. The van der Waals surface area contributed by atoms with Crippen LogP contribution in [-0.2, 0) is 17.6 Å². The van der Waals surface area contributed by atoms with Crippen LogP contribution in [0.3, 0.4) is 0 Å². The second-order valence-corrected chi connectivity index (χ2v) is 7.74. The van der Waals surface area contributed by atoms with Gasteiger partial charge in [-0.05, 0) is 61.1 Å². The van der Waals surface area contributed by atoms with Crippen molar-refractivity contribution in [3.05, 3.63) is 53.1 Å². The van der Waals surface area contributed by atoms with Crippen LogP contribution in [0.2, 0.25) is 0 Å². The number of likely N-dealkylation sites (tertiary alicyclic amines) is 1. The van der Waals surface area contributed by atoms with Crippen molar-refractivity contribution in [2.75, 3.05) is 31.6 Å². The third-order valence-electron chi connectivity index (χ3n) is 5.92. The van der Waals surface area contributed by atoms with Crippen LogP contribution in [0.15, 0.2) is 36.4 Å². The molecule has 1 atom stereocenters. The van der Waals surface area contributed by atoms with Crippen LogP contribution in [0.1, 0.15) is 49.4 Å². The van der Waals surface area contributed by atoms with E-state index in [0.29, 0.717) is 19.8 Å². The van der Waals surface area contributed by atoms with Crippen molar-refractivity contribution >= 4 is 11.6 Å². The lowest BCUT2D eigenvalue weighted by molar-refractivity contribution is -0.117. The summed E-state index contributed by atoms with van der Waals surface area (Å²) in [5.74, 6) is 1.69. The van der Waals surface area contributed by atoms with Crippen LogP contribution in [0.25, 0.3) is 0 Å². The van der Waals surface area contributed by atoms with E-state index in [0.717, 1.165) is 49.4 Å². The number of para-hydroxylation sites is 1. The Morgan fingerprint density at radius 3 is 2.52 bits per heavy atom. The van der Waals surface area contributed by atoms with Crippen LogP contribution >= 0.6 is 0 Å². The lowest BCUT2D eigenvalue weighted by Gasteiger charge is -2.26. The van der Waals surface area contributed by atoms with Crippen molar-refractivity contribution in [2.24, 2.45) is 0 Å². The molecule has 2 aliphatic heterocycles. The average molecular weight is 395 g/mol. The smallest absolute Gasteiger partial charge is 0.238 e. The van der Waals surface area contributed by atoms with Gasteiger partial charge in [-0.3, -0.25) is 9.69 Å². The number of amides is 1. The molecule has 2 aromatic rings. The van der Waals surface area contributed by atoms with E-state index in [1.807, 2.05) is 6.07 Å². The first-order valence-corrected chi connectivity index (χ1v) is 10.7. The minimum atomic E-state index is 0.0602. The zero-order valence-electron chi connectivity index (χ0n) is 17.4. The molecule has 154 valence electrons. The fourth-order valence-corrected chi connectivity index (χ4v) is 4.43. The predicted octanol–water partition coefficient (Wildman–Crippen LogP) is 4.36. The number of anilines is 1. The molecule has 1 fully saturated rings. The number of hydrogen-bond acceptors (Lipinski definition) is 4. The highest BCUT2D eigenvalue weighted by Gasteiger charge is 2.29. The highest BCUT2D eigenvalue weighted by Crippen LogP contribution is 2.38. The quantitative estimate of drug-likeness (QED) is 0.791. The van der Waals surface area contributed by atoms with E-state index in [1.165, 1.54) is 16.7 Å². The molecule has 0 bridgehead atoms. The third-order valence-corrected chi connectivity index (χ3v) is 5.92. The van der Waals surface area contributed by atoms with E-state index in [9.17, 15) is 4.79 Å². The molecular formula is C24H30N2O3. The standard InChI is InChI=1S/C24H30N2O3/c1-3-17-7-5-8-18(4-2)24(17)25-23(27)16-26-12-6-9-20(26)19-10-11-21-22(15-19)29-14-13-28-21/h5,7-8,10-11,15,20H,3-4,6,9,12-14,16H2,1-2H3,(H,25,27). The number of benzene rings is 2. The van der Waals surface area contributed by atoms with Gasteiger partial charge in [-0.15, -0.1) is 0 Å². The van der Waals surface area contributed by atoms with Crippen molar-refractivity contribution in [1.29, 1.82) is 0 Å². The Morgan fingerprint density at radius 2 is 1.79 bits per heavy atom. The highest BCUT2D eigenvalue weighted by molar-refractivity contribution is 5.94. The maximum Gasteiger partial charge on any atom is 0.238 e. The summed E-state index contributed by atoms with van der Waals surface area (Å²) < 4.78 is 11.4. The number of hydrogen-bond donors (Lipinski definition) is 1. The highest BCUT2D eigenvalue weighted by atomic mass is 16.6. The molecule has 0 spiro atoms. The number of fused-ring (bicyclic) bond motifs is 1. The summed E-state index contributed by atoms with van der Waals surface area (Å²) in [6, 6.07) is 12.7. The Labute approximate surface area is 173 Å². The Kier molecular flexibility index (Phi) is 6.05. The van der Waals surface area contributed by atoms with Crippen LogP contribution in [0, 0.1) is 0 Å². The summed E-state index contributed by atoms with van der Waals surface area (Å²) in [7, 11) is 0. The van der Waals surface area contributed by atoms with Gasteiger partial charge >= 0.3 is 0 Å². The summed E-state index contributed by atoms with van der Waals surface area (Å²) in [6.07, 6.45) is 3.97. The van der Waals surface area contributed by atoms with Gasteiger partial charge in [0, 0.05) is 11.7 Å². The van der Waals surface area contributed by atoms with Crippen molar-refractivity contribution in [3.8, 4) is 11.5 Å². The topological polar surface area (TPSA) is 50.8 Å². The molecular weight excluding hydrogens is 364 g/mol. The second-order valence-electron chi connectivity index (χ2n) is 7.74. The average Bonchev–Trinajstić information content (AvgIpc) is 3.21. The van der Waals surface area contributed by atoms with E-state index in [1.54, 1.807) is 0 Å². The van der Waals surface area contributed by atoms with E-state index in [-0.39, 0.29) is 11.9 Å². The lowest BCUT2D eigenvalue weighted by Crippen LogP contribution is -2.33. The van der Waals surface area contributed by atoms with Crippen molar-refractivity contribution in [1.82, 2.24) is 4.90 Å².